The maximum absolute atomic E-state index is 12.1. The minimum Gasteiger partial charge on any atom is -0.493 e. The van der Waals surface area contributed by atoms with Crippen molar-refractivity contribution in [2.75, 3.05) is 7.11 Å². The molecule has 2 N–H and O–H groups in total. The van der Waals surface area contributed by atoms with Gasteiger partial charge >= 0.3 is 6.36 Å². The Kier molecular flexibility index (Phi) is 3.89. The van der Waals surface area contributed by atoms with Crippen molar-refractivity contribution in [2.45, 2.75) is 12.9 Å². The molecule has 1 aromatic heterocycles. The lowest BCUT2D eigenvalue weighted by Gasteiger charge is -2.15. The van der Waals surface area contributed by atoms with Crippen LogP contribution in [0.1, 0.15) is 16.2 Å². The van der Waals surface area contributed by atoms with Crippen molar-refractivity contribution < 1.29 is 27.4 Å². The molecule has 0 fully saturated rings. The van der Waals surface area contributed by atoms with E-state index in [9.17, 15) is 18.0 Å². The van der Waals surface area contributed by atoms with E-state index in [1.165, 1.54) is 0 Å². The molecule has 1 rings (SSSR count). The van der Waals surface area contributed by atoms with Gasteiger partial charge in [0.1, 0.15) is 11.4 Å². The number of methoxy groups -OCH3 is 1. The summed E-state index contributed by atoms with van der Waals surface area (Å²) in [6.45, 7) is -0.316. The topological polar surface area (TPSA) is 74.4 Å². The third kappa shape index (κ3) is 3.31. The van der Waals surface area contributed by atoms with E-state index >= 15 is 0 Å². The van der Waals surface area contributed by atoms with Crippen LogP contribution in [-0.4, -0.2) is 24.7 Å². The van der Waals surface area contributed by atoms with Gasteiger partial charge in [-0.3, -0.25) is 4.79 Å². The molecule has 0 atom stereocenters. The number of nitrogens with two attached hydrogens (primary N) is 1. The predicted molar refractivity (Wildman–Crippen MR) is 50.8 cm³/mol. The number of hydrogen-bond acceptors (Lipinski definition) is 5. The van der Waals surface area contributed by atoms with E-state index in [1.54, 1.807) is 0 Å². The lowest BCUT2D eigenvalue weighted by molar-refractivity contribution is -0.275. The lowest BCUT2D eigenvalue weighted by atomic mass is 10.2. The summed E-state index contributed by atoms with van der Waals surface area (Å²) in [5, 5.41) is 0. The summed E-state index contributed by atoms with van der Waals surface area (Å²) in [7, 11) is 1.15. The highest BCUT2D eigenvalue weighted by Crippen LogP contribution is 2.34. The molecule has 0 spiro atoms. The molecule has 0 aliphatic carbocycles. The maximum atomic E-state index is 12.1. The minimum atomic E-state index is -4.89. The van der Waals surface area contributed by atoms with Crippen LogP contribution in [0.3, 0.4) is 0 Å². The van der Waals surface area contributed by atoms with Crippen LogP contribution in [0.25, 0.3) is 0 Å². The quantitative estimate of drug-likeness (QED) is 0.814. The standard InChI is InChI=1S/C9H9F3N2O3/c1-16-7-2-5(4-15)14-6(3-13)8(7)17-9(10,11)12/h2,4H,3,13H2,1H3. The SMILES string of the molecule is COc1cc(C=O)nc(CN)c1OC(F)(F)F. The van der Waals surface area contributed by atoms with Crippen LogP contribution in [-0.2, 0) is 6.54 Å². The van der Waals surface area contributed by atoms with Crippen molar-refractivity contribution in [3.05, 3.63) is 17.5 Å². The first-order chi connectivity index (χ1) is 7.91. The summed E-state index contributed by atoms with van der Waals surface area (Å²) in [4.78, 5) is 14.1. The molecule has 5 nitrogen and oxygen atoms in total. The number of aromatic nitrogens is 1. The predicted octanol–water partition coefficient (Wildman–Crippen LogP) is 1.26. The van der Waals surface area contributed by atoms with Gasteiger partial charge in [0.25, 0.3) is 0 Å². The zero-order valence-electron chi connectivity index (χ0n) is 8.75. The highest BCUT2D eigenvalue weighted by Gasteiger charge is 2.34. The van der Waals surface area contributed by atoms with Crippen molar-refractivity contribution in [2.24, 2.45) is 5.73 Å². The van der Waals surface area contributed by atoms with Crippen LogP contribution in [0, 0.1) is 0 Å². The smallest absolute Gasteiger partial charge is 0.493 e. The third-order valence-corrected chi connectivity index (χ3v) is 1.78. The molecule has 0 aliphatic rings. The molecule has 0 aliphatic heterocycles. The molecule has 94 valence electrons. The van der Waals surface area contributed by atoms with Crippen LogP contribution in [0.15, 0.2) is 6.07 Å². The molecular formula is C9H9F3N2O3. The molecule has 0 saturated heterocycles. The van der Waals surface area contributed by atoms with Crippen molar-refractivity contribution in [1.29, 1.82) is 0 Å². The summed E-state index contributed by atoms with van der Waals surface area (Å²) in [5.41, 5.74) is 4.94. The molecule has 1 heterocycles. The van der Waals surface area contributed by atoms with Crippen molar-refractivity contribution in [1.82, 2.24) is 4.98 Å². The van der Waals surface area contributed by atoms with E-state index in [0.717, 1.165) is 13.2 Å². The Hall–Kier alpha value is -1.83. The van der Waals surface area contributed by atoms with E-state index in [-0.39, 0.29) is 23.7 Å². The number of pyridine rings is 1. The molecule has 0 unspecified atom stereocenters. The summed E-state index contributed by atoms with van der Waals surface area (Å²) >= 11 is 0. The second-order valence-corrected chi connectivity index (χ2v) is 2.89. The van der Waals surface area contributed by atoms with Gasteiger partial charge in [-0.2, -0.15) is 0 Å². The van der Waals surface area contributed by atoms with Gasteiger partial charge < -0.3 is 15.2 Å². The van der Waals surface area contributed by atoms with E-state index in [1.807, 2.05) is 0 Å². The summed E-state index contributed by atoms with van der Waals surface area (Å²) in [6.07, 6.45) is -4.51. The zero-order chi connectivity index (χ0) is 13.1. The first-order valence-electron chi connectivity index (χ1n) is 4.40. The van der Waals surface area contributed by atoms with Gasteiger partial charge in [-0.15, -0.1) is 13.2 Å². The lowest BCUT2D eigenvalue weighted by Crippen LogP contribution is -2.20. The number of hydrogen-bond donors (Lipinski definition) is 1. The summed E-state index contributed by atoms with van der Waals surface area (Å²) < 4.78 is 44.9. The first-order valence-corrected chi connectivity index (χ1v) is 4.40. The molecular weight excluding hydrogens is 241 g/mol. The number of rotatable bonds is 4. The fraction of sp³-hybridized carbons (Fsp3) is 0.333. The molecule has 0 radical (unpaired) electrons. The largest absolute Gasteiger partial charge is 0.573 e. The number of aldehydes is 1. The second kappa shape index (κ2) is 5.00. The Labute approximate surface area is 94.3 Å². The Bertz CT molecular complexity index is 395. The third-order valence-electron chi connectivity index (χ3n) is 1.78. The minimum absolute atomic E-state index is 0.0863. The van der Waals surface area contributed by atoms with E-state index in [4.69, 9.17) is 10.5 Å². The molecule has 0 bridgehead atoms. The Morgan fingerprint density at radius 1 is 1.53 bits per heavy atom. The van der Waals surface area contributed by atoms with Crippen LogP contribution in [0.5, 0.6) is 11.5 Å². The van der Waals surface area contributed by atoms with Gasteiger partial charge in [0.2, 0.25) is 0 Å². The number of carbonyl (C=O) groups excluding carboxylic acids is 1. The molecule has 8 heteroatoms. The van der Waals surface area contributed by atoms with Gasteiger partial charge in [-0.1, -0.05) is 0 Å². The normalized spacial score (nSPS) is 11.1. The molecule has 1 aromatic rings. The first kappa shape index (κ1) is 13.2. The zero-order valence-corrected chi connectivity index (χ0v) is 8.75. The number of halogens is 3. The maximum Gasteiger partial charge on any atom is 0.573 e. The Morgan fingerprint density at radius 3 is 2.59 bits per heavy atom. The van der Waals surface area contributed by atoms with Gasteiger partial charge in [0.05, 0.1) is 7.11 Å². The van der Waals surface area contributed by atoms with E-state index in [2.05, 4.69) is 9.72 Å². The van der Waals surface area contributed by atoms with Crippen molar-refractivity contribution in [3.8, 4) is 11.5 Å². The van der Waals surface area contributed by atoms with Gasteiger partial charge in [-0.05, 0) is 0 Å². The molecule has 0 saturated carbocycles. The van der Waals surface area contributed by atoms with Gasteiger partial charge in [-0.25, -0.2) is 4.98 Å². The van der Waals surface area contributed by atoms with Crippen LogP contribution in [0.2, 0.25) is 0 Å². The highest BCUT2D eigenvalue weighted by molar-refractivity contribution is 5.73. The fourth-order valence-electron chi connectivity index (χ4n) is 1.16. The monoisotopic (exact) mass is 250 g/mol. The number of nitrogens with zero attached hydrogens (tertiary/aromatic N) is 1. The van der Waals surface area contributed by atoms with Gasteiger partial charge in [0.15, 0.2) is 17.8 Å². The second-order valence-electron chi connectivity index (χ2n) is 2.89. The summed E-state index contributed by atoms with van der Waals surface area (Å²) in [6, 6.07) is 1.03. The van der Waals surface area contributed by atoms with E-state index < -0.39 is 12.1 Å². The molecule has 17 heavy (non-hydrogen) atoms. The van der Waals surface area contributed by atoms with Crippen LogP contribution < -0.4 is 15.2 Å². The number of alkyl halides is 3. The van der Waals surface area contributed by atoms with Gasteiger partial charge in [0, 0.05) is 12.6 Å². The number of carbonyl (C=O) groups is 1. The Morgan fingerprint density at radius 2 is 2.18 bits per heavy atom. The number of ether oxygens (including phenoxy) is 2. The average molecular weight is 250 g/mol. The highest BCUT2D eigenvalue weighted by atomic mass is 19.4. The average Bonchev–Trinajstić information content (AvgIpc) is 2.27. The van der Waals surface area contributed by atoms with Crippen molar-refractivity contribution in [3.63, 3.8) is 0 Å². The summed E-state index contributed by atoms with van der Waals surface area (Å²) in [5.74, 6) is -0.882. The van der Waals surface area contributed by atoms with Crippen molar-refractivity contribution >= 4 is 6.29 Å². The Balaban J connectivity index is 3.29. The van der Waals surface area contributed by atoms with Crippen LogP contribution >= 0.6 is 0 Å². The molecule has 0 amide bonds. The van der Waals surface area contributed by atoms with Crippen LogP contribution in [0.4, 0.5) is 13.2 Å². The fourth-order valence-corrected chi connectivity index (χ4v) is 1.16. The molecule has 0 aromatic carbocycles. The van der Waals surface area contributed by atoms with E-state index in [0.29, 0.717) is 6.29 Å².